The Bertz CT molecular complexity index is 589. The highest BCUT2D eigenvalue weighted by Gasteiger charge is 2.42. The van der Waals surface area contributed by atoms with Gasteiger partial charge in [-0.3, -0.25) is 4.79 Å². The molecule has 0 atom stereocenters. The van der Waals surface area contributed by atoms with Crippen LogP contribution in [-0.4, -0.2) is 53.8 Å². The Morgan fingerprint density at radius 2 is 1.62 bits per heavy atom. The first kappa shape index (κ1) is 18.4. The number of urea groups is 1. The first-order valence-electron chi connectivity index (χ1n) is 8.15. The van der Waals surface area contributed by atoms with E-state index in [0.29, 0.717) is 38.2 Å². The molecule has 2 N–H and O–H groups in total. The number of allylic oxidation sites excluding steroid dienone is 3. The number of halogens is 2. The minimum atomic E-state index is -2.81. The van der Waals surface area contributed by atoms with Crippen LogP contribution >= 0.6 is 0 Å². The van der Waals surface area contributed by atoms with Crippen LogP contribution in [0.5, 0.6) is 0 Å². The molecule has 5 nitrogen and oxygen atoms in total. The topological polar surface area (TPSA) is 66.6 Å². The van der Waals surface area contributed by atoms with E-state index in [9.17, 15) is 18.4 Å². The Morgan fingerprint density at radius 3 is 2.17 bits per heavy atom. The third-order valence-electron chi connectivity index (χ3n) is 5.04. The Kier molecular flexibility index (Phi) is 5.01. The largest absolute Gasteiger partial charge is 0.351 e. The molecule has 0 spiro atoms. The minimum Gasteiger partial charge on any atom is -0.351 e. The van der Waals surface area contributed by atoms with E-state index in [1.165, 1.54) is 24.0 Å². The van der Waals surface area contributed by atoms with Crippen molar-refractivity contribution in [2.24, 2.45) is 11.1 Å². The lowest BCUT2D eigenvalue weighted by atomic mass is 9.71. The molecule has 1 heterocycles. The number of nitrogens with two attached hydrogens (primary N) is 1. The number of amides is 3. The maximum absolute atomic E-state index is 14.0. The zero-order chi connectivity index (χ0) is 18.1. The van der Waals surface area contributed by atoms with Gasteiger partial charge in [0.25, 0.3) is 5.92 Å². The van der Waals surface area contributed by atoms with E-state index in [1.807, 2.05) is 13.8 Å². The minimum absolute atomic E-state index is 0.0429. The lowest BCUT2D eigenvalue weighted by Crippen LogP contribution is -2.51. The first-order chi connectivity index (χ1) is 11.0. The normalized spacial score (nSPS) is 23.7. The van der Waals surface area contributed by atoms with Gasteiger partial charge in [0.1, 0.15) is 0 Å². The summed E-state index contributed by atoms with van der Waals surface area (Å²) >= 11 is 0. The lowest BCUT2D eigenvalue weighted by molar-refractivity contribution is -0.127. The predicted molar refractivity (Wildman–Crippen MR) is 87.5 cm³/mol. The van der Waals surface area contributed by atoms with Gasteiger partial charge in [0.2, 0.25) is 5.91 Å². The summed E-state index contributed by atoms with van der Waals surface area (Å²) in [4.78, 5) is 26.5. The number of rotatable bonds is 2. The van der Waals surface area contributed by atoms with Gasteiger partial charge in [-0.25, -0.2) is 13.6 Å². The van der Waals surface area contributed by atoms with Crippen molar-refractivity contribution in [3.63, 3.8) is 0 Å². The highest BCUT2D eigenvalue weighted by atomic mass is 19.3. The molecule has 1 aliphatic heterocycles. The van der Waals surface area contributed by atoms with Gasteiger partial charge >= 0.3 is 6.03 Å². The molecule has 1 aliphatic carbocycles. The van der Waals surface area contributed by atoms with Crippen molar-refractivity contribution < 1.29 is 18.4 Å². The Morgan fingerprint density at radius 1 is 1.08 bits per heavy atom. The van der Waals surface area contributed by atoms with Crippen LogP contribution in [0.4, 0.5) is 13.6 Å². The van der Waals surface area contributed by atoms with Crippen LogP contribution in [0.1, 0.15) is 33.6 Å². The fraction of sp³-hybridized carbons (Fsp3) is 0.647. The second-order valence-corrected chi connectivity index (χ2v) is 7.11. The third-order valence-corrected chi connectivity index (χ3v) is 5.04. The zero-order valence-electron chi connectivity index (χ0n) is 14.4. The van der Waals surface area contributed by atoms with Gasteiger partial charge in [0.05, 0.1) is 0 Å². The van der Waals surface area contributed by atoms with E-state index >= 15 is 0 Å². The van der Waals surface area contributed by atoms with E-state index in [2.05, 4.69) is 0 Å². The summed E-state index contributed by atoms with van der Waals surface area (Å²) in [5.74, 6) is -3.05. The molecule has 2 rings (SSSR count). The first-order valence-corrected chi connectivity index (χ1v) is 8.15. The van der Waals surface area contributed by atoms with Gasteiger partial charge in [-0.15, -0.1) is 0 Å². The second-order valence-electron chi connectivity index (χ2n) is 7.11. The van der Waals surface area contributed by atoms with Gasteiger partial charge in [-0.05, 0) is 29.9 Å². The summed E-state index contributed by atoms with van der Waals surface area (Å²) in [6.45, 7) is 6.84. The van der Waals surface area contributed by atoms with Crippen LogP contribution in [0, 0.1) is 5.41 Å². The van der Waals surface area contributed by atoms with Gasteiger partial charge in [-0.2, -0.15) is 0 Å². The van der Waals surface area contributed by atoms with Crippen molar-refractivity contribution in [2.75, 3.05) is 26.2 Å². The van der Waals surface area contributed by atoms with E-state index in [-0.39, 0.29) is 23.3 Å². The third kappa shape index (κ3) is 3.76. The summed E-state index contributed by atoms with van der Waals surface area (Å²) in [5.41, 5.74) is 5.40. The zero-order valence-corrected chi connectivity index (χ0v) is 14.4. The van der Waals surface area contributed by atoms with Crippen LogP contribution in [-0.2, 0) is 4.79 Å². The molecule has 24 heavy (non-hydrogen) atoms. The molecule has 0 aromatic rings. The Balaban J connectivity index is 2.09. The molecule has 0 aromatic heterocycles. The summed E-state index contributed by atoms with van der Waals surface area (Å²) in [7, 11) is 0. The summed E-state index contributed by atoms with van der Waals surface area (Å²) in [5, 5.41) is 0. The van der Waals surface area contributed by atoms with E-state index < -0.39 is 12.0 Å². The number of hydrogen-bond donors (Lipinski definition) is 1. The average molecular weight is 341 g/mol. The molecule has 0 saturated carbocycles. The van der Waals surface area contributed by atoms with Crippen molar-refractivity contribution in [1.29, 1.82) is 0 Å². The summed E-state index contributed by atoms with van der Waals surface area (Å²) < 4.78 is 27.9. The molecule has 0 aromatic carbocycles. The number of primary amides is 1. The van der Waals surface area contributed by atoms with Crippen LogP contribution in [0.25, 0.3) is 0 Å². The maximum Gasteiger partial charge on any atom is 0.314 e. The highest BCUT2D eigenvalue weighted by Crippen LogP contribution is 2.47. The average Bonchev–Trinajstić information content (AvgIpc) is 2.51. The molecule has 0 bridgehead atoms. The number of carbonyl (C=O) groups excluding carboxylic acids is 2. The quantitative estimate of drug-likeness (QED) is 0.784. The second kappa shape index (κ2) is 6.53. The molecule has 1 saturated heterocycles. The number of carbonyl (C=O) groups is 2. The highest BCUT2D eigenvalue weighted by molar-refractivity contribution is 5.88. The number of hydrogen-bond acceptors (Lipinski definition) is 2. The predicted octanol–water partition coefficient (Wildman–Crippen LogP) is 2.54. The standard InChI is InChI=1S/C17H25F2N3O2/c1-12-13(16(2,3)6-7-17(12,18)19)4-5-14(23)21-8-10-22(11-9-21)15(20)24/h4-5H,6-11H2,1-3H3,(H2,20,24)/b5-4+. The lowest BCUT2D eigenvalue weighted by Gasteiger charge is -2.37. The molecule has 3 amide bonds. The number of nitrogens with zero attached hydrogens (tertiary/aromatic N) is 2. The molecule has 7 heteroatoms. The molecule has 134 valence electrons. The van der Waals surface area contributed by atoms with E-state index in [0.717, 1.165) is 0 Å². The van der Waals surface area contributed by atoms with Crippen LogP contribution in [0.3, 0.4) is 0 Å². The number of piperazine rings is 1. The van der Waals surface area contributed by atoms with Crippen molar-refractivity contribution >= 4 is 11.9 Å². The van der Waals surface area contributed by atoms with Crippen LogP contribution in [0.2, 0.25) is 0 Å². The molecule has 0 radical (unpaired) electrons. The van der Waals surface area contributed by atoms with Crippen LogP contribution in [0.15, 0.2) is 23.3 Å². The fourth-order valence-corrected chi connectivity index (χ4v) is 3.25. The molecule has 0 unspecified atom stereocenters. The van der Waals surface area contributed by atoms with Gasteiger partial charge in [0, 0.05) is 38.7 Å². The van der Waals surface area contributed by atoms with Gasteiger partial charge in [-0.1, -0.05) is 19.9 Å². The maximum atomic E-state index is 14.0. The monoisotopic (exact) mass is 341 g/mol. The summed E-state index contributed by atoms with van der Waals surface area (Å²) in [6.07, 6.45) is 3.11. The Hall–Kier alpha value is -1.92. The molecular weight excluding hydrogens is 316 g/mol. The van der Waals surface area contributed by atoms with Gasteiger partial charge in [0.15, 0.2) is 0 Å². The van der Waals surface area contributed by atoms with E-state index in [1.54, 1.807) is 4.90 Å². The molecule has 1 fully saturated rings. The van der Waals surface area contributed by atoms with E-state index in [4.69, 9.17) is 5.73 Å². The summed E-state index contributed by atoms with van der Waals surface area (Å²) in [6, 6.07) is -0.496. The Labute approximate surface area is 141 Å². The SMILES string of the molecule is CC1=C(/C=C/C(=O)N2CCN(C(N)=O)CC2)C(C)(C)CCC1(F)F. The molecular formula is C17H25F2N3O2. The van der Waals surface area contributed by atoms with Crippen molar-refractivity contribution in [1.82, 2.24) is 9.80 Å². The van der Waals surface area contributed by atoms with Crippen molar-refractivity contribution in [3.05, 3.63) is 23.3 Å². The van der Waals surface area contributed by atoms with Crippen molar-refractivity contribution in [3.8, 4) is 0 Å². The van der Waals surface area contributed by atoms with Gasteiger partial charge < -0.3 is 15.5 Å². The van der Waals surface area contributed by atoms with Crippen molar-refractivity contribution in [2.45, 2.75) is 39.5 Å². The van der Waals surface area contributed by atoms with Crippen LogP contribution < -0.4 is 5.73 Å². The smallest absolute Gasteiger partial charge is 0.314 e. The molecule has 2 aliphatic rings. The fourth-order valence-electron chi connectivity index (χ4n) is 3.25. The number of alkyl halides is 2.